The lowest BCUT2D eigenvalue weighted by Crippen LogP contribution is -2.34. The smallest absolute Gasteiger partial charge is 0.223 e. The van der Waals surface area contributed by atoms with E-state index in [1.165, 1.54) is 0 Å². The maximum Gasteiger partial charge on any atom is 0.223 e. The predicted molar refractivity (Wildman–Crippen MR) is 87.5 cm³/mol. The van der Waals surface area contributed by atoms with Gasteiger partial charge in [0.1, 0.15) is 6.10 Å². The first-order valence-corrected chi connectivity index (χ1v) is 8.06. The molecule has 1 unspecified atom stereocenters. The molecule has 1 atom stereocenters. The zero-order valence-electron chi connectivity index (χ0n) is 13.2. The molecule has 0 saturated carbocycles. The maximum absolute atomic E-state index is 12.3. The molecule has 0 saturated heterocycles. The number of ether oxygens (including phenoxy) is 1. The van der Waals surface area contributed by atoms with Crippen LogP contribution in [0.25, 0.3) is 0 Å². The Kier molecular flexibility index (Phi) is 8.40. The van der Waals surface area contributed by atoms with E-state index in [1.54, 1.807) is 7.11 Å². The van der Waals surface area contributed by atoms with E-state index in [2.05, 4.69) is 19.2 Å². The van der Waals surface area contributed by atoms with E-state index >= 15 is 0 Å². The van der Waals surface area contributed by atoms with Crippen LogP contribution in [0.2, 0.25) is 5.02 Å². The highest BCUT2D eigenvalue weighted by Crippen LogP contribution is 2.24. The molecule has 1 N–H and O–H groups in total. The van der Waals surface area contributed by atoms with Crippen LogP contribution in [-0.4, -0.2) is 19.6 Å². The Morgan fingerprint density at radius 3 is 2.38 bits per heavy atom. The van der Waals surface area contributed by atoms with Crippen LogP contribution in [0.15, 0.2) is 24.3 Å². The normalized spacial score (nSPS) is 12.4. The van der Waals surface area contributed by atoms with Gasteiger partial charge in [-0.15, -0.1) is 0 Å². The summed E-state index contributed by atoms with van der Waals surface area (Å²) in [7, 11) is 1.63. The Labute approximate surface area is 133 Å². The van der Waals surface area contributed by atoms with Crippen molar-refractivity contribution in [3.63, 3.8) is 0 Å². The van der Waals surface area contributed by atoms with Crippen molar-refractivity contribution >= 4 is 17.5 Å². The second-order valence-corrected chi connectivity index (χ2v) is 5.67. The third-order valence-corrected chi connectivity index (χ3v) is 3.99. The average molecular weight is 312 g/mol. The molecule has 0 spiro atoms. The number of nitrogens with one attached hydrogen (secondary N) is 1. The van der Waals surface area contributed by atoms with E-state index in [-0.39, 0.29) is 17.9 Å². The molecule has 0 fully saturated rings. The standard InChI is InChI=1S/C17H26ClNO2/c1-4-8-13(9-5-2)17(20)19-12-16(21-3)14-10-6-7-11-15(14)18/h6-7,10-11,13,16H,4-5,8-9,12H2,1-3H3,(H,19,20). The molecule has 21 heavy (non-hydrogen) atoms. The van der Waals surface area contributed by atoms with Gasteiger partial charge in [-0.25, -0.2) is 0 Å². The highest BCUT2D eigenvalue weighted by atomic mass is 35.5. The van der Waals surface area contributed by atoms with Gasteiger partial charge in [0, 0.05) is 30.2 Å². The summed E-state index contributed by atoms with van der Waals surface area (Å²) < 4.78 is 5.47. The third-order valence-electron chi connectivity index (χ3n) is 3.64. The van der Waals surface area contributed by atoms with Crippen molar-refractivity contribution in [3.05, 3.63) is 34.9 Å². The number of carbonyl (C=O) groups is 1. The van der Waals surface area contributed by atoms with Crippen molar-refractivity contribution in [1.29, 1.82) is 0 Å². The van der Waals surface area contributed by atoms with Crippen LogP contribution in [-0.2, 0) is 9.53 Å². The minimum atomic E-state index is -0.216. The molecule has 3 nitrogen and oxygen atoms in total. The van der Waals surface area contributed by atoms with Crippen LogP contribution in [0.4, 0.5) is 0 Å². The molecule has 118 valence electrons. The quantitative estimate of drug-likeness (QED) is 0.736. The monoisotopic (exact) mass is 311 g/mol. The van der Waals surface area contributed by atoms with Crippen LogP contribution in [0.5, 0.6) is 0 Å². The lowest BCUT2D eigenvalue weighted by molar-refractivity contribution is -0.126. The molecule has 0 radical (unpaired) electrons. The molecule has 0 bridgehead atoms. The van der Waals surface area contributed by atoms with Crippen LogP contribution < -0.4 is 5.32 Å². The third kappa shape index (κ3) is 5.68. The Balaban J connectivity index is 2.62. The Bertz CT molecular complexity index is 431. The lowest BCUT2D eigenvalue weighted by Gasteiger charge is -2.20. The number of halogens is 1. The fourth-order valence-electron chi connectivity index (χ4n) is 2.50. The lowest BCUT2D eigenvalue weighted by atomic mass is 9.97. The number of carbonyl (C=O) groups excluding carboxylic acids is 1. The number of amides is 1. The van der Waals surface area contributed by atoms with Crippen molar-refractivity contribution in [3.8, 4) is 0 Å². The summed E-state index contributed by atoms with van der Waals surface area (Å²) in [5.74, 6) is 0.219. The zero-order valence-corrected chi connectivity index (χ0v) is 14.0. The number of hydrogen-bond acceptors (Lipinski definition) is 2. The largest absolute Gasteiger partial charge is 0.375 e. The van der Waals surface area contributed by atoms with Crippen molar-refractivity contribution < 1.29 is 9.53 Å². The van der Waals surface area contributed by atoms with Gasteiger partial charge in [0.2, 0.25) is 5.91 Å². The van der Waals surface area contributed by atoms with Gasteiger partial charge in [-0.1, -0.05) is 56.5 Å². The number of hydrogen-bond donors (Lipinski definition) is 1. The van der Waals surface area contributed by atoms with Gasteiger partial charge in [-0.05, 0) is 18.9 Å². The Morgan fingerprint density at radius 2 is 1.86 bits per heavy atom. The highest BCUT2D eigenvalue weighted by Gasteiger charge is 2.19. The molecule has 1 rings (SSSR count). The molecule has 1 amide bonds. The number of methoxy groups -OCH3 is 1. The van der Waals surface area contributed by atoms with Crippen LogP contribution in [0.3, 0.4) is 0 Å². The SMILES string of the molecule is CCCC(CCC)C(=O)NCC(OC)c1ccccc1Cl. The molecule has 0 aliphatic rings. The first kappa shape index (κ1) is 18.0. The summed E-state index contributed by atoms with van der Waals surface area (Å²) >= 11 is 6.18. The molecule has 0 aliphatic carbocycles. The fourth-order valence-corrected chi connectivity index (χ4v) is 2.75. The van der Waals surface area contributed by atoms with Crippen molar-refractivity contribution in [1.82, 2.24) is 5.32 Å². The molecule has 1 aromatic rings. The number of rotatable bonds is 9. The Morgan fingerprint density at radius 1 is 1.24 bits per heavy atom. The minimum Gasteiger partial charge on any atom is -0.375 e. The molecule has 0 heterocycles. The summed E-state index contributed by atoms with van der Waals surface area (Å²) in [6.45, 7) is 4.66. The molecular weight excluding hydrogens is 286 g/mol. The predicted octanol–water partition coefficient (Wildman–Crippen LogP) is 4.36. The molecule has 4 heteroatoms. The summed E-state index contributed by atoms with van der Waals surface area (Å²) in [5.41, 5.74) is 0.907. The first-order chi connectivity index (χ1) is 10.1. The van der Waals surface area contributed by atoms with Crippen molar-refractivity contribution in [2.24, 2.45) is 5.92 Å². The van der Waals surface area contributed by atoms with Crippen molar-refractivity contribution in [2.75, 3.05) is 13.7 Å². The Hall–Kier alpha value is -1.06. The second-order valence-electron chi connectivity index (χ2n) is 5.27. The molecule has 0 aliphatic heterocycles. The molecule has 1 aromatic carbocycles. The van der Waals surface area contributed by atoms with Gasteiger partial charge in [0.15, 0.2) is 0 Å². The number of benzene rings is 1. The summed E-state index contributed by atoms with van der Waals surface area (Å²) in [6, 6.07) is 7.57. The van der Waals surface area contributed by atoms with E-state index in [0.29, 0.717) is 11.6 Å². The van der Waals surface area contributed by atoms with E-state index < -0.39 is 0 Å². The minimum absolute atomic E-state index is 0.101. The van der Waals surface area contributed by atoms with Gasteiger partial charge >= 0.3 is 0 Å². The van der Waals surface area contributed by atoms with E-state index in [9.17, 15) is 4.79 Å². The first-order valence-electron chi connectivity index (χ1n) is 7.68. The fraction of sp³-hybridized carbons (Fsp3) is 0.588. The van der Waals surface area contributed by atoms with Crippen LogP contribution >= 0.6 is 11.6 Å². The maximum atomic E-state index is 12.3. The average Bonchev–Trinajstić information content (AvgIpc) is 2.49. The van der Waals surface area contributed by atoms with Gasteiger partial charge in [0.05, 0.1) is 0 Å². The van der Waals surface area contributed by atoms with Gasteiger partial charge < -0.3 is 10.1 Å². The van der Waals surface area contributed by atoms with E-state index in [1.807, 2.05) is 24.3 Å². The summed E-state index contributed by atoms with van der Waals surface area (Å²) in [5, 5.41) is 3.67. The highest BCUT2D eigenvalue weighted by molar-refractivity contribution is 6.31. The molecule has 0 aromatic heterocycles. The summed E-state index contributed by atoms with van der Waals surface area (Å²) in [4.78, 5) is 12.3. The van der Waals surface area contributed by atoms with E-state index in [4.69, 9.17) is 16.3 Å². The topological polar surface area (TPSA) is 38.3 Å². The molecular formula is C17H26ClNO2. The van der Waals surface area contributed by atoms with Gasteiger partial charge in [0.25, 0.3) is 0 Å². The van der Waals surface area contributed by atoms with E-state index in [0.717, 1.165) is 31.2 Å². The van der Waals surface area contributed by atoms with Gasteiger partial charge in [-0.3, -0.25) is 4.79 Å². The van der Waals surface area contributed by atoms with Crippen LogP contribution in [0.1, 0.15) is 51.2 Å². The van der Waals surface area contributed by atoms with Gasteiger partial charge in [-0.2, -0.15) is 0 Å². The van der Waals surface area contributed by atoms with Crippen LogP contribution in [0, 0.1) is 5.92 Å². The zero-order chi connectivity index (χ0) is 15.7. The van der Waals surface area contributed by atoms with Crippen molar-refractivity contribution in [2.45, 2.75) is 45.6 Å². The summed E-state index contributed by atoms with van der Waals surface area (Å²) in [6.07, 6.45) is 3.70. The second kappa shape index (κ2) is 9.80.